The van der Waals surface area contributed by atoms with Gasteiger partial charge in [0, 0.05) is 16.5 Å². The van der Waals surface area contributed by atoms with E-state index in [4.69, 9.17) is 4.42 Å². The third kappa shape index (κ3) is 2.17. The zero-order chi connectivity index (χ0) is 13.4. The number of hydrogen-bond donors (Lipinski definition) is 0. The van der Waals surface area contributed by atoms with Crippen LogP contribution in [-0.2, 0) is 0 Å². The molecule has 0 atom stereocenters. The minimum atomic E-state index is -0.612. The molecule has 0 saturated heterocycles. The highest BCUT2D eigenvalue weighted by Gasteiger charge is 2.16. The van der Waals surface area contributed by atoms with Gasteiger partial charge in [0.05, 0.1) is 12.0 Å². The van der Waals surface area contributed by atoms with E-state index in [1.165, 1.54) is 23.5 Å². The van der Waals surface area contributed by atoms with Gasteiger partial charge in [0.2, 0.25) is 0 Å². The lowest BCUT2D eigenvalue weighted by atomic mass is 10.1. The van der Waals surface area contributed by atoms with E-state index in [2.05, 4.69) is 4.98 Å². The molecule has 0 aliphatic rings. The van der Waals surface area contributed by atoms with Crippen LogP contribution >= 0.6 is 11.3 Å². The van der Waals surface area contributed by atoms with Gasteiger partial charge in [-0.25, -0.2) is 13.8 Å². The summed E-state index contributed by atoms with van der Waals surface area (Å²) in [4.78, 5) is 5.23. The van der Waals surface area contributed by atoms with E-state index >= 15 is 0 Å². The van der Waals surface area contributed by atoms with Crippen molar-refractivity contribution in [2.75, 3.05) is 0 Å². The highest BCUT2D eigenvalue weighted by molar-refractivity contribution is 7.15. The lowest BCUT2D eigenvalue weighted by molar-refractivity contribution is 0.581. The molecule has 96 valence electrons. The third-order valence-electron chi connectivity index (χ3n) is 2.71. The zero-order valence-corrected chi connectivity index (χ0v) is 10.8. The highest BCUT2D eigenvalue weighted by atomic mass is 32.1. The molecule has 0 unspecified atom stereocenters. The zero-order valence-electron chi connectivity index (χ0n) is 9.98. The van der Waals surface area contributed by atoms with Gasteiger partial charge in [-0.05, 0) is 31.2 Å². The molecule has 19 heavy (non-hydrogen) atoms. The minimum Gasteiger partial charge on any atom is -0.462 e. The van der Waals surface area contributed by atoms with Crippen LogP contribution in [0, 0.1) is 18.6 Å². The molecule has 0 fully saturated rings. The third-order valence-corrected chi connectivity index (χ3v) is 3.70. The minimum absolute atomic E-state index is 0.299. The molecular weight excluding hydrogens is 268 g/mol. The molecule has 0 bridgehead atoms. The molecule has 1 aromatic carbocycles. The fraction of sp³-hybridized carbons (Fsp3) is 0.0714. The molecule has 0 aliphatic carbocycles. The number of halogens is 2. The largest absolute Gasteiger partial charge is 0.462 e. The predicted molar refractivity (Wildman–Crippen MR) is 69.9 cm³/mol. The Hall–Kier alpha value is -2.01. The summed E-state index contributed by atoms with van der Waals surface area (Å²) in [6, 6.07) is 7.05. The Bertz CT molecular complexity index is 719. The molecule has 0 radical (unpaired) electrons. The van der Waals surface area contributed by atoms with E-state index in [1.54, 1.807) is 18.4 Å². The van der Waals surface area contributed by atoms with Gasteiger partial charge < -0.3 is 4.42 Å². The van der Waals surface area contributed by atoms with Crippen LogP contribution < -0.4 is 0 Å². The van der Waals surface area contributed by atoms with Crippen LogP contribution in [0.4, 0.5) is 8.78 Å². The van der Waals surface area contributed by atoms with Crippen LogP contribution in [0.25, 0.3) is 22.0 Å². The first-order valence-electron chi connectivity index (χ1n) is 5.62. The van der Waals surface area contributed by atoms with Gasteiger partial charge in [0.1, 0.15) is 11.6 Å². The number of aryl methyl sites for hydroxylation is 1. The van der Waals surface area contributed by atoms with E-state index in [1.807, 2.05) is 6.92 Å². The standard InChI is InChI=1S/C14H9F2NOS/c1-8-13(10-5-4-9(15)7-11(10)16)17-14(19-8)12-3-2-6-18-12/h2-7H,1H3. The molecule has 0 amide bonds. The number of furan rings is 1. The summed E-state index contributed by atoms with van der Waals surface area (Å²) in [6.07, 6.45) is 1.56. The molecule has 2 heterocycles. The fourth-order valence-corrected chi connectivity index (χ4v) is 2.73. The van der Waals surface area contributed by atoms with E-state index in [0.717, 1.165) is 10.9 Å². The summed E-state index contributed by atoms with van der Waals surface area (Å²) in [5, 5.41) is 0.682. The molecular formula is C14H9F2NOS. The lowest BCUT2D eigenvalue weighted by Gasteiger charge is -2.00. The van der Waals surface area contributed by atoms with Gasteiger partial charge in [-0.3, -0.25) is 0 Å². The fourth-order valence-electron chi connectivity index (χ4n) is 1.83. The summed E-state index contributed by atoms with van der Waals surface area (Å²) in [7, 11) is 0. The Balaban J connectivity index is 2.11. The van der Waals surface area contributed by atoms with Crippen molar-refractivity contribution in [3.05, 3.63) is 53.1 Å². The second kappa shape index (κ2) is 4.59. The summed E-state index contributed by atoms with van der Waals surface area (Å²) in [6.45, 7) is 1.85. The van der Waals surface area contributed by atoms with Crippen molar-refractivity contribution in [3.8, 4) is 22.0 Å². The van der Waals surface area contributed by atoms with E-state index in [0.29, 0.717) is 22.0 Å². The maximum Gasteiger partial charge on any atom is 0.162 e. The molecule has 3 rings (SSSR count). The number of hydrogen-bond acceptors (Lipinski definition) is 3. The van der Waals surface area contributed by atoms with E-state index < -0.39 is 11.6 Å². The summed E-state index contributed by atoms with van der Waals surface area (Å²) < 4.78 is 32.0. The van der Waals surface area contributed by atoms with Gasteiger partial charge >= 0.3 is 0 Å². The van der Waals surface area contributed by atoms with Crippen molar-refractivity contribution in [1.29, 1.82) is 0 Å². The molecule has 0 aliphatic heterocycles. The Morgan fingerprint density at radius 3 is 2.74 bits per heavy atom. The maximum atomic E-state index is 13.8. The van der Waals surface area contributed by atoms with Crippen molar-refractivity contribution in [2.45, 2.75) is 6.92 Å². The number of benzene rings is 1. The van der Waals surface area contributed by atoms with Gasteiger partial charge in [-0.2, -0.15) is 0 Å². The smallest absolute Gasteiger partial charge is 0.162 e. The second-order valence-electron chi connectivity index (χ2n) is 4.03. The summed E-state index contributed by atoms with van der Waals surface area (Å²) in [5.74, 6) is -0.568. The summed E-state index contributed by atoms with van der Waals surface area (Å²) >= 11 is 1.41. The number of aromatic nitrogens is 1. The van der Waals surface area contributed by atoms with Crippen LogP contribution in [0.15, 0.2) is 41.0 Å². The Morgan fingerprint density at radius 1 is 1.21 bits per heavy atom. The molecule has 3 aromatic rings. The number of thiazole rings is 1. The summed E-state index contributed by atoms with van der Waals surface area (Å²) in [5.41, 5.74) is 0.821. The Morgan fingerprint density at radius 2 is 2.05 bits per heavy atom. The quantitative estimate of drug-likeness (QED) is 0.681. The van der Waals surface area contributed by atoms with Crippen LogP contribution in [-0.4, -0.2) is 4.98 Å². The van der Waals surface area contributed by atoms with E-state index in [-0.39, 0.29) is 0 Å². The first-order valence-corrected chi connectivity index (χ1v) is 6.43. The van der Waals surface area contributed by atoms with Crippen LogP contribution in [0.5, 0.6) is 0 Å². The molecule has 2 aromatic heterocycles. The van der Waals surface area contributed by atoms with Crippen molar-refractivity contribution in [1.82, 2.24) is 4.98 Å². The normalized spacial score (nSPS) is 10.9. The Labute approximate surface area is 112 Å². The van der Waals surface area contributed by atoms with Crippen LogP contribution in [0.1, 0.15) is 4.88 Å². The molecule has 2 nitrogen and oxygen atoms in total. The van der Waals surface area contributed by atoms with Crippen molar-refractivity contribution >= 4 is 11.3 Å². The van der Waals surface area contributed by atoms with Gasteiger partial charge in [-0.15, -0.1) is 11.3 Å². The number of nitrogens with zero attached hydrogens (tertiary/aromatic N) is 1. The first-order chi connectivity index (χ1) is 9.15. The lowest BCUT2D eigenvalue weighted by Crippen LogP contribution is -1.88. The first kappa shape index (κ1) is 12.0. The van der Waals surface area contributed by atoms with Crippen molar-refractivity contribution in [3.63, 3.8) is 0 Å². The second-order valence-corrected chi connectivity index (χ2v) is 5.23. The molecule has 0 spiro atoms. The average molecular weight is 277 g/mol. The Kier molecular flexibility index (Phi) is 2.91. The maximum absolute atomic E-state index is 13.8. The highest BCUT2D eigenvalue weighted by Crippen LogP contribution is 2.34. The number of rotatable bonds is 2. The molecule has 5 heteroatoms. The topological polar surface area (TPSA) is 26.0 Å². The predicted octanol–water partition coefficient (Wildman–Crippen LogP) is 4.66. The van der Waals surface area contributed by atoms with Gasteiger partial charge in [0.25, 0.3) is 0 Å². The van der Waals surface area contributed by atoms with Gasteiger partial charge in [0.15, 0.2) is 10.8 Å². The van der Waals surface area contributed by atoms with Crippen molar-refractivity contribution < 1.29 is 13.2 Å². The van der Waals surface area contributed by atoms with Crippen molar-refractivity contribution in [2.24, 2.45) is 0 Å². The van der Waals surface area contributed by atoms with Crippen LogP contribution in [0.3, 0.4) is 0 Å². The SMILES string of the molecule is Cc1sc(-c2ccco2)nc1-c1ccc(F)cc1F. The molecule has 0 N–H and O–H groups in total. The monoisotopic (exact) mass is 277 g/mol. The van der Waals surface area contributed by atoms with E-state index in [9.17, 15) is 8.78 Å². The molecule has 0 saturated carbocycles. The van der Waals surface area contributed by atoms with Gasteiger partial charge in [-0.1, -0.05) is 0 Å². The van der Waals surface area contributed by atoms with Crippen LogP contribution in [0.2, 0.25) is 0 Å². The average Bonchev–Trinajstić information content (AvgIpc) is 2.98.